The Bertz CT molecular complexity index is 437. The smallest absolute Gasteiger partial charge is 0.257 e. The summed E-state index contributed by atoms with van der Waals surface area (Å²) in [5, 5.41) is 5.79. The highest BCUT2D eigenvalue weighted by molar-refractivity contribution is 6.29. The number of halogens is 1. The van der Waals surface area contributed by atoms with Gasteiger partial charge in [-0.25, -0.2) is 4.98 Å². The zero-order valence-electron chi connectivity index (χ0n) is 9.77. The molecule has 7 nitrogen and oxygen atoms in total. The number of ether oxygens (including phenoxy) is 2. The summed E-state index contributed by atoms with van der Waals surface area (Å²) in [6.45, 7) is 1.70. The quantitative estimate of drug-likeness (QED) is 0.757. The molecule has 98 valence electrons. The molecule has 1 atom stereocenters. The molecule has 1 saturated heterocycles. The summed E-state index contributed by atoms with van der Waals surface area (Å²) >= 11 is 5.77. The summed E-state index contributed by atoms with van der Waals surface area (Å²) in [7, 11) is 1.46. The Morgan fingerprint density at radius 1 is 1.67 bits per heavy atom. The average molecular weight is 273 g/mol. The second-order valence-corrected chi connectivity index (χ2v) is 4.00. The third-order valence-electron chi connectivity index (χ3n) is 2.34. The molecule has 0 saturated carbocycles. The van der Waals surface area contributed by atoms with Gasteiger partial charge in [-0.15, -0.1) is 0 Å². The van der Waals surface area contributed by atoms with Crippen LogP contribution >= 0.6 is 11.6 Å². The molecule has 0 bridgehead atoms. The number of hydrogen-bond donors (Lipinski definition) is 2. The van der Waals surface area contributed by atoms with E-state index < -0.39 is 6.10 Å². The van der Waals surface area contributed by atoms with E-state index in [0.717, 1.165) is 6.54 Å². The van der Waals surface area contributed by atoms with E-state index >= 15 is 0 Å². The Hall–Kier alpha value is -1.44. The number of hydrogen-bond acceptors (Lipinski definition) is 6. The van der Waals surface area contributed by atoms with Crippen LogP contribution in [0.25, 0.3) is 0 Å². The van der Waals surface area contributed by atoms with Crippen molar-refractivity contribution in [3.63, 3.8) is 0 Å². The maximum atomic E-state index is 11.8. The number of nitrogens with zero attached hydrogens (tertiary/aromatic N) is 2. The summed E-state index contributed by atoms with van der Waals surface area (Å²) in [6.07, 6.45) is -0.549. The van der Waals surface area contributed by atoms with Crippen molar-refractivity contribution in [1.29, 1.82) is 0 Å². The van der Waals surface area contributed by atoms with Crippen LogP contribution in [0.2, 0.25) is 5.15 Å². The van der Waals surface area contributed by atoms with Gasteiger partial charge >= 0.3 is 0 Å². The normalized spacial score (nSPS) is 19.3. The van der Waals surface area contributed by atoms with Gasteiger partial charge in [0.15, 0.2) is 0 Å². The fourth-order valence-electron chi connectivity index (χ4n) is 1.48. The first-order chi connectivity index (χ1) is 8.69. The molecule has 0 aromatic carbocycles. The van der Waals surface area contributed by atoms with Gasteiger partial charge in [0.2, 0.25) is 11.8 Å². The number of methoxy groups -OCH3 is 1. The molecule has 1 aliphatic heterocycles. The lowest BCUT2D eigenvalue weighted by Crippen LogP contribution is -2.45. The summed E-state index contributed by atoms with van der Waals surface area (Å²) in [5.74, 6) is 0.0676. The van der Waals surface area contributed by atoms with E-state index in [1.807, 2.05) is 0 Å². The average Bonchev–Trinajstić information content (AvgIpc) is 2.39. The molecule has 0 radical (unpaired) electrons. The number of morpholine rings is 1. The monoisotopic (exact) mass is 272 g/mol. The van der Waals surface area contributed by atoms with Gasteiger partial charge in [-0.05, 0) is 0 Å². The third kappa shape index (κ3) is 3.28. The van der Waals surface area contributed by atoms with E-state index in [2.05, 4.69) is 20.6 Å². The molecule has 1 unspecified atom stereocenters. The Kier molecular flexibility index (Phi) is 4.29. The standard InChI is InChI=1S/C10H13ClN4O3/c1-17-8-4-7(11)13-10(14-8)15-9(16)6-5-12-2-3-18-6/h4,6,12H,2-3,5H2,1H3,(H,13,14,15,16). The largest absolute Gasteiger partial charge is 0.481 e. The number of anilines is 1. The van der Waals surface area contributed by atoms with Crippen molar-refractivity contribution in [2.24, 2.45) is 0 Å². The molecule has 2 rings (SSSR count). The van der Waals surface area contributed by atoms with E-state index in [-0.39, 0.29) is 22.9 Å². The minimum atomic E-state index is -0.549. The lowest BCUT2D eigenvalue weighted by Gasteiger charge is -2.22. The van der Waals surface area contributed by atoms with Crippen LogP contribution in [0.4, 0.5) is 5.95 Å². The Morgan fingerprint density at radius 3 is 3.17 bits per heavy atom. The van der Waals surface area contributed by atoms with Gasteiger partial charge in [-0.3, -0.25) is 10.1 Å². The fraction of sp³-hybridized carbons (Fsp3) is 0.500. The van der Waals surface area contributed by atoms with Crippen LogP contribution in [0.15, 0.2) is 6.07 Å². The Labute approximate surface area is 109 Å². The Morgan fingerprint density at radius 2 is 2.50 bits per heavy atom. The highest BCUT2D eigenvalue weighted by Crippen LogP contribution is 2.16. The van der Waals surface area contributed by atoms with E-state index in [1.54, 1.807) is 0 Å². The molecule has 1 aliphatic rings. The van der Waals surface area contributed by atoms with Crippen molar-refractivity contribution in [2.75, 3.05) is 32.1 Å². The lowest BCUT2D eigenvalue weighted by molar-refractivity contribution is -0.128. The number of rotatable bonds is 3. The van der Waals surface area contributed by atoms with E-state index in [4.69, 9.17) is 21.1 Å². The molecule has 1 aromatic heterocycles. The van der Waals surface area contributed by atoms with Gasteiger partial charge < -0.3 is 14.8 Å². The molecule has 18 heavy (non-hydrogen) atoms. The Balaban J connectivity index is 2.03. The summed E-state index contributed by atoms with van der Waals surface area (Å²) < 4.78 is 10.2. The predicted molar refractivity (Wildman–Crippen MR) is 64.8 cm³/mol. The number of aromatic nitrogens is 2. The number of carbonyl (C=O) groups is 1. The topological polar surface area (TPSA) is 85.4 Å². The van der Waals surface area contributed by atoms with Crippen molar-refractivity contribution < 1.29 is 14.3 Å². The second kappa shape index (κ2) is 5.94. The van der Waals surface area contributed by atoms with Crippen LogP contribution in [0, 0.1) is 0 Å². The maximum Gasteiger partial charge on any atom is 0.257 e. The number of carbonyl (C=O) groups excluding carboxylic acids is 1. The van der Waals surface area contributed by atoms with Gasteiger partial charge in [0.1, 0.15) is 11.3 Å². The van der Waals surface area contributed by atoms with Crippen molar-refractivity contribution in [1.82, 2.24) is 15.3 Å². The van der Waals surface area contributed by atoms with Crippen LogP contribution in [0.3, 0.4) is 0 Å². The second-order valence-electron chi connectivity index (χ2n) is 3.61. The molecule has 1 fully saturated rings. The molecule has 0 spiro atoms. The van der Waals surface area contributed by atoms with Gasteiger partial charge in [0.05, 0.1) is 13.7 Å². The van der Waals surface area contributed by atoms with Gasteiger partial charge in [0, 0.05) is 19.2 Å². The van der Waals surface area contributed by atoms with Crippen LogP contribution in [0.5, 0.6) is 5.88 Å². The number of nitrogens with one attached hydrogen (secondary N) is 2. The highest BCUT2D eigenvalue weighted by atomic mass is 35.5. The van der Waals surface area contributed by atoms with Crippen LogP contribution < -0.4 is 15.4 Å². The van der Waals surface area contributed by atoms with Gasteiger partial charge in [-0.2, -0.15) is 4.98 Å². The highest BCUT2D eigenvalue weighted by Gasteiger charge is 2.22. The zero-order valence-corrected chi connectivity index (χ0v) is 10.5. The molecule has 2 heterocycles. The third-order valence-corrected chi connectivity index (χ3v) is 2.53. The molecular formula is C10H13ClN4O3. The zero-order chi connectivity index (χ0) is 13.0. The lowest BCUT2D eigenvalue weighted by atomic mass is 10.3. The van der Waals surface area contributed by atoms with E-state index in [1.165, 1.54) is 13.2 Å². The summed E-state index contributed by atoms with van der Waals surface area (Å²) in [4.78, 5) is 19.7. The SMILES string of the molecule is COc1cc(Cl)nc(NC(=O)C2CNCCO2)n1. The molecule has 8 heteroatoms. The molecular weight excluding hydrogens is 260 g/mol. The molecule has 2 N–H and O–H groups in total. The van der Waals surface area contributed by atoms with Crippen molar-refractivity contribution >= 4 is 23.5 Å². The fourth-order valence-corrected chi connectivity index (χ4v) is 1.66. The van der Waals surface area contributed by atoms with Crippen LogP contribution in [-0.2, 0) is 9.53 Å². The minimum Gasteiger partial charge on any atom is -0.481 e. The van der Waals surface area contributed by atoms with Crippen molar-refractivity contribution in [3.8, 4) is 5.88 Å². The van der Waals surface area contributed by atoms with Crippen LogP contribution in [-0.4, -0.2) is 48.8 Å². The van der Waals surface area contributed by atoms with Crippen molar-refractivity contribution in [2.45, 2.75) is 6.10 Å². The van der Waals surface area contributed by atoms with E-state index in [9.17, 15) is 4.79 Å². The first-order valence-corrected chi connectivity index (χ1v) is 5.78. The minimum absolute atomic E-state index is 0.0959. The summed E-state index contributed by atoms with van der Waals surface area (Å²) in [5.41, 5.74) is 0. The van der Waals surface area contributed by atoms with Gasteiger partial charge in [-0.1, -0.05) is 11.6 Å². The molecule has 0 aliphatic carbocycles. The van der Waals surface area contributed by atoms with Crippen LogP contribution in [0.1, 0.15) is 0 Å². The first kappa shape index (κ1) is 13.0. The predicted octanol–water partition coefficient (Wildman–Crippen LogP) is 0.0655. The molecule has 1 amide bonds. The first-order valence-electron chi connectivity index (χ1n) is 5.41. The number of amides is 1. The van der Waals surface area contributed by atoms with E-state index in [0.29, 0.717) is 13.2 Å². The summed E-state index contributed by atoms with van der Waals surface area (Å²) in [6, 6.07) is 1.45. The maximum absolute atomic E-state index is 11.8. The van der Waals surface area contributed by atoms with Gasteiger partial charge in [0.25, 0.3) is 5.91 Å². The van der Waals surface area contributed by atoms with Crippen molar-refractivity contribution in [3.05, 3.63) is 11.2 Å². The molecule has 1 aromatic rings.